The third-order valence-electron chi connectivity index (χ3n) is 4.28. The van der Waals surface area contributed by atoms with Crippen molar-refractivity contribution in [3.8, 4) is 0 Å². The maximum atomic E-state index is 13.2. The van der Waals surface area contributed by atoms with Crippen LogP contribution in [0.2, 0.25) is 0 Å². The van der Waals surface area contributed by atoms with Gasteiger partial charge in [0.05, 0.1) is 17.4 Å². The van der Waals surface area contributed by atoms with Crippen LogP contribution in [0.25, 0.3) is 0 Å². The summed E-state index contributed by atoms with van der Waals surface area (Å²) in [5.74, 6) is -1.12. The number of benzene rings is 1. The van der Waals surface area contributed by atoms with Crippen molar-refractivity contribution in [2.45, 2.75) is 50.6 Å². The fourth-order valence-electron chi connectivity index (χ4n) is 2.93. The van der Waals surface area contributed by atoms with E-state index in [4.69, 9.17) is 0 Å². The van der Waals surface area contributed by atoms with Crippen LogP contribution in [0.4, 0.5) is 32.0 Å². The van der Waals surface area contributed by atoms with Crippen LogP contribution in [0.1, 0.15) is 43.2 Å². The molecule has 0 aromatic heterocycles. The van der Waals surface area contributed by atoms with Crippen molar-refractivity contribution in [1.82, 2.24) is 5.32 Å². The summed E-state index contributed by atoms with van der Waals surface area (Å²) in [6.45, 7) is 2.52. The first-order chi connectivity index (χ1) is 12.1. The van der Waals surface area contributed by atoms with Gasteiger partial charge in [-0.2, -0.15) is 26.3 Å². The van der Waals surface area contributed by atoms with Gasteiger partial charge in [-0.3, -0.25) is 0 Å². The van der Waals surface area contributed by atoms with Crippen molar-refractivity contribution in [2.24, 2.45) is 4.99 Å². The van der Waals surface area contributed by atoms with Gasteiger partial charge in [0.25, 0.3) is 0 Å². The number of nitrogens with zero attached hydrogens (tertiary/aromatic N) is 1. The zero-order chi connectivity index (χ0) is 19.5. The lowest BCUT2D eigenvalue weighted by molar-refractivity contribution is -0.137. The predicted molar refractivity (Wildman–Crippen MR) is 85.7 cm³/mol. The van der Waals surface area contributed by atoms with E-state index in [0.717, 1.165) is 18.9 Å². The highest BCUT2D eigenvalue weighted by Crippen LogP contribution is 2.46. The van der Waals surface area contributed by atoms with E-state index in [1.165, 1.54) is 6.07 Å². The number of rotatable bonds is 6. The van der Waals surface area contributed by atoms with E-state index >= 15 is 0 Å². The number of fused-ring (bicyclic) bond motifs is 1. The van der Waals surface area contributed by atoms with Crippen molar-refractivity contribution in [1.29, 1.82) is 0 Å². The van der Waals surface area contributed by atoms with E-state index in [9.17, 15) is 31.4 Å². The predicted octanol–water partition coefficient (Wildman–Crippen LogP) is 4.58. The van der Waals surface area contributed by atoms with Crippen molar-refractivity contribution in [3.05, 3.63) is 29.3 Å². The average Bonchev–Trinajstić information content (AvgIpc) is 2.55. The summed E-state index contributed by atoms with van der Waals surface area (Å²) in [5.41, 5.74) is -3.30. The van der Waals surface area contributed by atoms with Gasteiger partial charge in [-0.1, -0.05) is 25.5 Å². The van der Waals surface area contributed by atoms with E-state index in [1.807, 2.05) is 6.92 Å². The molecule has 3 nitrogen and oxygen atoms in total. The number of aliphatic hydroxyl groups excluding tert-OH is 1. The van der Waals surface area contributed by atoms with Gasteiger partial charge in [0.1, 0.15) is 5.71 Å². The van der Waals surface area contributed by atoms with Crippen molar-refractivity contribution in [2.75, 3.05) is 13.1 Å². The first-order valence-corrected chi connectivity index (χ1v) is 8.29. The lowest BCUT2D eigenvalue weighted by atomic mass is 9.83. The Bertz CT molecular complexity index is 654. The average molecular weight is 382 g/mol. The maximum Gasteiger partial charge on any atom is 0.429 e. The summed E-state index contributed by atoms with van der Waals surface area (Å²) in [6.07, 6.45) is -9.89. The highest BCUT2D eigenvalue weighted by atomic mass is 19.4. The number of aliphatic hydroxyl groups is 1. The van der Waals surface area contributed by atoms with Crippen molar-refractivity contribution >= 4 is 11.4 Å². The van der Waals surface area contributed by atoms with E-state index in [0.29, 0.717) is 12.6 Å². The van der Waals surface area contributed by atoms with Gasteiger partial charge in [0.15, 0.2) is 0 Å². The number of alkyl halides is 6. The second-order valence-corrected chi connectivity index (χ2v) is 6.23. The fourth-order valence-corrected chi connectivity index (χ4v) is 2.93. The van der Waals surface area contributed by atoms with Gasteiger partial charge < -0.3 is 10.4 Å². The Balaban J connectivity index is 2.40. The molecule has 0 saturated carbocycles. The Labute approximate surface area is 147 Å². The maximum absolute atomic E-state index is 13.2. The molecule has 2 rings (SSSR count). The number of aliphatic imine (C=N–C) groups is 1. The molecule has 9 heteroatoms. The van der Waals surface area contributed by atoms with Gasteiger partial charge in [0.2, 0.25) is 0 Å². The van der Waals surface area contributed by atoms with Crippen LogP contribution in [-0.2, 0) is 6.18 Å². The minimum Gasteiger partial charge on any atom is -0.391 e. The van der Waals surface area contributed by atoms with E-state index in [-0.39, 0.29) is 12.1 Å². The minimum absolute atomic E-state index is 0.00844. The molecule has 1 heterocycles. The SMILES string of the molecule is CCCCNCC(O)C1CC(C(F)(F)F)=Nc2c1cccc2C(F)(F)F. The summed E-state index contributed by atoms with van der Waals surface area (Å²) in [5, 5.41) is 13.3. The van der Waals surface area contributed by atoms with Gasteiger partial charge in [-0.25, -0.2) is 4.99 Å². The fraction of sp³-hybridized carbons (Fsp3) is 0.588. The van der Waals surface area contributed by atoms with E-state index < -0.39 is 47.8 Å². The monoisotopic (exact) mass is 382 g/mol. The molecule has 1 aliphatic heterocycles. The van der Waals surface area contributed by atoms with Crippen LogP contribution in [0, 0.1) is 0 Å². The summed E-state index contributed by atoms with van der Waals surface area (Å²) in [4.78, 5) is 3.27. The Morgan fingerprint density at radius 3 is 2.46 bits per heavy atom. The quantitative estimate of drug-likeness (QED) is 0.559. The van der Waals surface area contributed by atoms with Gasteiger partial charge >= 0.3 is 12.4 Å². The first kappa shape index (κ1) is 20.7. The lowest BCUT2D eigenvalue weighted by Crippen LogP contribution is -2.37. The van der Waals surface area contributed by atoms with Crippen LogP contribution in [0.3, 0.4) is 0 Å². The summed E-state index contributed by atoms with van der Waals surface area (Å²) in [7, 11) is 0. The van der Waals surface area contributed by atoms with Crippen molar-refractivity contribution < 1.29 is 31.4 Å². The number of para-hydroxylation sites is 1. The van der Waals surface area contributed by atoms with Crippen LogP contribution in [-0.4, -0.2) is 36.2 Å². The number of unbranched alkanes of at least 4 members (excludes halogenated alkanes) is 1. The number of hydrogen-bond acceptors (Lipinski definition) is 3. The van der Waals surface area contributed by atoms with Gasteiger partial charge in [0, 0.05) is 18.9 Å². The number of hydrogen-bond donors (Lipinski definition) is 2. The van der Waals surface area contributed by atoms with E-state index in [2.05, 4.69) is 10.3 Å². The molecule has 1 aliphatic rings. The molecular weight excluding hydrogens is 362 g/mol. The second kappa shape index (κ2) is 7.96. The second-order valence-electron chi connectivity index (χ2n) is 6.23. The topological polar surface area (TPSA) is 44.6 Å². The highest BCUT2D eigenvalue weighted by molar-refractivity contribution is 5.95. The minimum atomic E-state index is -4.86. The molecule has 2 atom stereocenters. The molecule has 0 aliphatic carbocycles. The Morgan fingerprint density at radius 1 is 1.19 bits per heavy atom. The molecule has 0 spiro atoms. The highest BCUT2D eigenvalue weighted by Gasteiger charge is 2.44. The van der Waals surface area contributed by atoms with Crippen LogP contribution in [0.5, 0.6) is 0 Å². The van der Waals surface area contributed by atoms with E-state index in [1.54, 1.807) is 0 Å². The molecule has 0 amide bonds. The molecule has 26 heavy (non-hydrogen) atoms. The Morgan fingerprint density at radius 2 is 1.88 bits per heavy atom. The normalized spacial score (nSPS) is 19.1. The zero-order valence-corrected chi connectivity index (χ0v) is 14.1. The molecule has 0 fully saturated rings. The molecule has 1 aromatic rings. The third kappa shape index (κ3) is 4.76. The summed E-state index contributed by atoms with van der Waals surface area (Å²) in [6, 6.07) is 3.12. The number of halogens is 6. The molecule has 146 valence electrons. The van der Waals surface area contributed by atoms with Crippen LogP contribution >= 0.6 is 0 Å². The summed E-state index contributed by atoms with van der Waals surface area (Å²) >= 11 is 0. The standard InChI is InChI=1S/C17H20F6N2O/c1-2-3-7-24-9-13(26)11-8-14(17(21,22)23)25-15-10(11)5-4-6-12(15)16(18,19)20/h4-6,11,13,24,26H,2-3,7-9H2,1H3. The number of nitrogens with one attached hydrogen (secondary N) is 1. The first-order valence-electron chi connectivity index (χ1n) is 8.29. The van der Waals surface area contributed by atoms with Crippen molar-refractivity contribution in [3.63, 3.8) is 0 Å². The molecule has 2 unspecified atom stereocenters. The Kier molecular flexibility index (Phi) is 6.33. The lowest BCUT2D eigenvalue weighted by Gasteiger charge is -2.31. The molecule has 0 bridgehead atoms. The molecular formula is C17H20F6N2O. The van der Waals surface area contributed by atoms with Gasteiger partial charge in [-0.05, 0) is 24.6 Å². The molecule has 1 aromatic carbocycles. The largest absolute Gasteiger partial charge is 0.429 e. The molecule has 0 saturated heterocycles. The Hall–Kier alpha value is -1.61. The van der Waals surface area contributed by atoms with Crippen LogP contribution in [0.15, 0.2) is 23.2 Å². The van der Waals surface area contributed by atoms with Crippen LogP contribution < -0.4 is 5.32 Å². The smallest absolute Gasteiger partial charge is 0.391 e. The molecule has 2 N–H and O–H groups in total. The van der Waals surface area contributed by atoms with Gasteiger partial charge in [-0.15, -0.1) is 0 Å². The zero-order valence-electron chi connectivity index (χ0n) is 14.1. The molecule has 0 radical (unpaired) electrons. The summed E-state index contributed by atoms with van der Waals surface area (Å²) < 4.78 is 79.0. The third-order valence-corrected chi connectivity index (χ3v) is 4.28.